The van der Waals surface area contributed by atoms with Crippen molar-refractivity contribution >= 4 is 5.91 Å². The van der Waals surface area contributed by atoms with Gasteiger partial charge < -0.3 is 10.2 Å². The van der Waals surface area contributed by atoms with Crippen molar-refractivity contribution in [3.8, 4) is 0 Å². The number of hydrogen-bond donors (Lipinski definition) is 1. The highest BCUT2D eigenvalue weighted by molar-refractivity contribution is 5.83. The van der Waals surface area contributed by atoms with Crippen LogP contribution in [0, 0.1) is 5.41 Å². The lowest BCUT2D eigenvalue weighted by Gasteiger charge is -2.43. The van der Waals surface area contributed by atoms with Gasteiger partial charge in [0, 0.05) is 26.2 Å². The third-order valence-electron chi connectivity index (χ3n) is 4.60. The Hall–Kier alpha value is -0.610. The van der Waals surface area contributed by atoms with Crippen molar-refractivity contribution in [2.75, 3.05) is 39.3 Å². The highest BCUT2D eigenvalue weighted by Gasteiger charge is 2.39. The number of amides is 1. The standard InChI is InChI=1S/C15H29N3O/c1-4-8-17-9-11-18(12-10-17)14(19)13-15(2,3)6-5-7-16-13/h13,16H,4-12H2,1-3H3. The normalized spacial score (nSPS) is 28.4. The Labute approximate surface area is 117 Å². The van der Waals surface area contributed by atoms with Crippen molar-refractivity contribution < 1.29 is 4.79 Å². The van der Waals surface area contributed by atoms with Gasteiger partial charge in [0.1, 0.15) is 0 Å². The summed E-state index contributed by atoms with van der Waals surface area (Å²) in [5.74, 6) is 0.320. The lowest BCUT2D eigenvalue weighted by Crippen LogP contribution is -2.59. The van der Waals surface area contributed by atoms with E-state index in [1.54, 1.807) is 0 Å². The van der Waals surface area contributed by atoms with Gasteiger partial charge in [-0.1, -0.05) is 20.8 Å². The number of rotatable bonds is 3. The second-order valence-corrected chi connectivity index (χ2v) is 6.65. The van der Waals surface area contributed by atoms with Crippen molar-refractivity contribution in [2.24, 2.45) is 5.41 Å². The molecule has 110 valence electrons. The molecule has 0 aromatic carbocycles. The van der Waals surface area contributed by atoms with Gasteiger partial charge >= 0.3 is 0 Å². The van der Waals surface area contributed by atoms with E-state index < -0.39 is 0 Å². The molecular formula is C15H29N3O. The van der Waals surface area contributed by atoms with Gasteiger partial charge in [0.15, 0.2) is 0 Å². The first-order chi connectivity index (χ1) is 9.04. The fourth-order valence-electron chi connectivity index (χ4n) is 3.32. The van der Waals surface area contributed by atoms with E-state index in [-0.39, 0.29) is 11.5 Å². The molecular weight excluding hydrogens is 238 g/mol. The van der Waals surface area contributed by atoms with Crippen molar-refractivity contribution in [1.82, 2.24) is 15.1 Å². The second kappa shape index (κ2) is 6.23. The number of piperazine rings is 1. The SMILES string of the molecule is CCCN1CCN(C(=O)C2NCCCC2(C)C)CC1. The molecule has 1 N–H and O–H groups in total. The lowest BCUT2D eigenvalue weighted by molar-refractivity contribution is -0.139. The van der Waals surface area contributed by atoms with Crippen LogP contribution in [0.25, 0.3) is 0 Å². The number of carbonyl (C=O) groups excluding carboxylic acids is 1. The van der Waals surface area contributed by atoms with E-state index in [2.05, 4.69) is 35.9 Å². The highest BCUT2D eigenvalue weighted by Crippen LogP contribution is 2.31. The summed E-state index contributed by atoms with van der Waals surface area (Å²) in [6.07, 6.45) is 3.53. The quantitative estimate of drug-likeness (QED) is 0.838. The van der Waals surface area contributed by atoms with Gasteiger partial charge in [-0.15, -0.1) is 0 Å². The van der Waals surface area contributed by atoms with Gasteiger partial charge in [-0.2, -0.15) is 0 Å². The van der Waals surface area contributed by atoms with Gasteiger partial charge in [0.05, 0.1) is 6.04 Å². The van der Waals surface area contributed by atoms with E-state index in [0.717, 1.165) is 45.7 Å². The maximum absolute atomic E-state index is 12.7. The van der Waals surface area contributed by atoms with Crippen LogP contribution in [-0.2, 0) is 4.79 Å². The first kappa shape index (κ1) is 14.8. The van der Waals surface area contributed by atoms with Gasteiger partial charge in [-0.05, 0) is 37.8 Å². The summed E-state index contributed by atoms with van der Waals surface area (Å²) in [6, 6.07) is 0.0129. The fraction of sp³-hybridized carbons (Fsp3) is 0.933. The molecule has 1 unspecified atom stereocenters. The Bertz CT molecular complexity index is 309. The first-order valence-corrected chi connectivity index (χ1v) is 7.79. The number of carbonyl (C=O) groups is 1. The van der Waals surface area contributed by atoms with E-state index >= 15 is 0 Å². The van der Waals surface area contributed by atoms with Crippen molar-refractivity contribution in [2.45, 2.75) is 46.1 Å². The molecule has 4 heteroatoms. The van der Waals surface area contributed by atoms with Crippen LogP contribution in [0.2, 0.25) is 0 Å². The van der Waals surface area contributed by atoms with Gasteiger partial charge in [-0.3, -0.25) is 9.69 Å². The molecule has 0 aromatic rings. The van der Waals surface area contributed by atoms with Crippen LogP contribution in [0.1, 0.15) is 40.0 Å². The molecule has 2 rings (SSSR count). The molecule has 1 atom stereocenters. The Balaban J connectivity index is 1.90. The van der Waals surface area contributed by atoms with Crippen LogP contribution in [0.15, 0.2) is 0 Å². The summed E-state index contributed by atoms with van der Waals surface area (Å²) in [7, 11) is 0. The summed E-state index contributed by atoms with van der Waals surface area (Å²) < 4.78 is 0. The Morgan fingerprint density at radius 3 is 2.53 bits per heavy atom. The minimum atomic E-state index is 0.0129. The summed E-state index contributed by atoms with van der Waals surface area (Å²) in [4.78, 5) is 17.2. The van der Waals surface area contributed by atoms with E-state index in [1.807, 2.05) is 0 Å². The lowest BCUT2D eigenvalue weighted by atomic mass is 9.77. The van der Waals surface area contributed by atoms with E-state index in [9.17, 15) is 4.79 Å². The molecule has 2 aliphatic rings. The fourth-order valence-corrected chi connectivity index (χ4v) is 3.32. The number of nitrogens with one attached hydrogen (secondary N) is 1. The zero-order chi connectivity index (χ0) is 13.9. The van der Waals surface area contributed by atoms with Gasteiger partial charge in [0.25, 0.3) is 0 Å². The molecule has 2 aliphatic heterocycles. The molecule has 0 bridgehead atoms. The average Bonchev–Trinajstić information content (AvgIpc) is 2.39. The first-order valence-electron chi connectivity index (χ1n) is 7.79. The van der Waals surface area contributed by atoms with E-state index in [0.29, 0.717) is 5.91 Å². The third-order valence-corrected chi connectivity index (χ3v) is 4.60. The summed E-state index contributed by atoms with van der Waals surface area (Å²) in [5, 5.41) is 3.44. The molecule has 0 aliphatic carbocycles. The maximum atomic E-state index is 12.7. The predicted octanol–water partition coefficient (Wildman–Crippen LogP) is 1.32. The summed E-state index contributed by atoms with van der Waals surface area (Å²) in [5.41, 5.74) is 0.0931. The molecule has 4 nitrogen and oxygen atoms in total. The predicted molar refractivity (Wildman–Crippen MR) is 78.1 cm³/mol. The maximum Gasteiger partial charge on any atom is 0.240 e. The molecule has 2 heterocycles. The Morgan fingerprint density at radius 1 is 1.26 bits per heavy atom. The minimum absolute atomic E-state index is 0.0129. The Kier molecular flexibility index (Phi) is 4.85. The molecule has 0 saturated carbocycles. The van der Waals surface area contributed by atoms with Gasteiger partial charge in [0.2, 0.25) is 5.91 Å². The highest BCUT2D eigenvalue weighted by atomic mass is 16.2. The second-order valence-electron chi connectivity index (χ2n) is 6.65. The zero-order valence-electron chi connectivity index (χ0n) is 12.7. The van der Waals surface area contributed by atoms with Crippen LogP contribution in [0.5, 0.6) is 0 Å². The molecule has 0 radical (unpaired) electrons. The minimum Gasteiger partial charge on any atom is -0.339 e. The zero-order valence-corrected chi connectivity index (χ0v) is 12.7. The molecule has 2 fully saturated rings. The number of hydrogen-bond acceptors (Lipinski definition) is 3. The van der Waals surface area contributed by atoms with Crippen LogP contribution < -0.4 is 5.32 Å². The third kappa shape index (κ3) is 3.48. The van der Waals surface area contributed by atoms with E-state index in [4.69, 9.17) is 0 Å². The van der Waals surface area contributed by atoms with Crippen molar-refractivity contribution in [3.63, 3.8) is 0 Å². The Morgan fingerprint density at radius 2 is 1.95 bits per heavy atom. The molecule has 0 spiro atoms. The molecule has 1 amide bonds. The number of piperidine rings is 1. The molecule has 2 saturated heterocycles. The van der Waals surface area contributed by atoms with Crippen molar-refractivity contribution in [1.29, 1.82) is 0 Å². The topological polar surface area (TPSA) is 35.6 Å². The van der Waals surface area contributed by atoms with Crippen molar-refractivity contribution in [3.05, 3.63) is 0 Å². The molecule has 0 aromatic heterocycles. The largest absolute Gasteiger partial charge is 0.339 e. The monoisotopic (exact) mass is 267 g/mol. The van der Waals surface area contributed by atoms with Crippen LogP contribution in [0.3, 0.4) is 0 Å². The summed E-state index contributed by atoms with van der Waals surface area (Å²) >= 11 is 0. The summed E-state index contributed by atoms with van der Waals surface area (Å²) in [6.45, 7) is 12.7. The smallest absolute Gasteiger partial charge is 0.240 e. The van der Waals surface area contributed by atoms with Crippen LogP contribution in [0.4, 0.5) is 0 Å². The van der Waals surface area contributed by atoms with Crippen LogP contribution >= 0.6 is 0 Å². The molecule has 19 heavy (non-hydrogen) atoms. The average molecular weight is 267 g/mol. The van der Waals surface area contributed by atoms with E-state index in [1.165, 1.54) is 12.8 Å². The number of nitrogens with zero attached hydrogens (tertiary/aromatic N) is 2. The van der Waals surface area contributed by atoms with Crippen LogP contribution in [-0.4, -0.2) is 61.0 Å². The van der Waals surface area contributed by atoms with Gasteiger partial charge in [-0.25, -0.2) is 0 Å².